The van der Waals surface area contributed by atoms with Crippen molar-refractivity contribution in [2.45, 2.75) is 71.3 Å². The summed E-state index contributed by atoms with van der Waals surface area (Å²) in [5.74, 6) is 0. The smallest absolute Gasteiger partial charge is 0.213 e. The average molecular weight is 604 g/mol. The van der Waals surface area contributed by atoms with E-state index in [0.29, 0.717) is 6.04 Å². The number of rotatable bonds is 9. The Morgan fingerprint density at radius 2 is 1.48 bits per heavy atom. The third kappa shape index (κ3) is 5.16. The number of unbranched alkanes of at least 4 members (excludes halogenated alkanes) is 1. The van der Waals surface area contributed by atoms with Gasteiger partial charge >= 0.3 is 0 Å². The van der Waals surface area contributed by atoms with E-state index in [9.17, 15) is 0 Å². The molecule has 0 saturated carbocycles. The van der Waals surface area contributed by atoms with Crippen LogP contribution in [-0.2, 0) is 11.8 Å². The van der Waals surface area contributed by atoms with E-state index in [0.717, 1.165) is 41.8 Å². The monoisotopic (exact) mass is 603 g/mol. The Morgan fingerprint density at radius 1 is 0.717 bits per heavy atom. The van der Waals surface area contributed by atoms with E-state index in [1.54, 1.807) is 0 Å². The van der Waals surface area contributed by atoms with Gasteiger partial charge in [-0.3, -0.25) is 0 Å². The summed E-state index contributed by atoms with van der Waals surface area (Å²) in [6, 6.07) is 40.1. The SMILES string of the molecule is CCCCc1ccc(-c2ccc(-c3ccccc3)c(-c3cn(-c4ccc5c(c4)-c4cccc[n+]4C(C)C5(CC)CC)nn3)c2)cc1. The van der Waals surface area contributed by atoms with Crippen LogP contribution in [0.2, 0.25) is 0 Å². The Bertz CT molecular complexity index is 1970. The Morgan fingerprint density at radius 3 is 2.24 bits per heavy atom. The van der Waals surface area contributed by atoms with Gasteiger partial charge in [-0.05, 0) is 90.3 Å². The molecule has 1 atom stereocenters. The van der Waals surface area contributed by atoms with E-state index in [1.165, 1.54) is 51.9 Å². The maximum atomic E-state index is 4.77. The molecule has 4 nitrogen and oxygen atoms in total. The third-order valence-electron chi connectivity index (χ3n) is 10.4. The van der Waals surface area contributed by atoms with Crippen LogP contribution in [0.1, 0.15) is 70.5 Å². The minimum atomic E-state index is 0.0830. The first-order chi connectivity index (χ1) is 22.6. The summed E-state index contributed by atoms with van der Waals surface area (Å²) in [6.45, 7) is 9.27. The van der Waals surface area contributed by atoms with E-state index in [4.69, 9.17) is 10.3 Å². The van der Waals surface area contributed by atoms with Crippen molar-refractivity contribution < 1.29 is 4.57 Å². The van der Waals surface area contributed by atoms with Gasteiger partial charge in [0.25, 0.3) is 0 Å². The molecule has 3 heterocycles. The first-order valence-corrected chi connectivity index (χ1v) is 16.9. The number of pyridine rings is 1. The summed E-state index contributed by atoms with van der Waals surface area (Å²) in [6.07, 6.45) is 10.1. The van der Waals surface area contributed by atoms with Crippen LogP contribution in [0.4, 0.5) is 0 Å². The topological polar surface area (TPSA) is 34.6 Å². The fourth-order valence-electron chi connectivity index (χ4n) is 7.62. The van der Waals surface area contributed by atoms with Gasteiger partial charge in [0.2, 0.25) is 5.69 Å². The minimum absolute atomic E-state index is 0.0830. The highest BCUT2D eigenvalue weighted by molar-refractivity contribution is 5.85. The number of aromatic nitrogens is 4. The van der Waals surface area contributed by atoms with Gasteiger partial charge < -0.3 is 0 Å². The summed E-state index contributed by atoms with van der Waals surface area (Å²) >= 11 is 0. The largest absolute Gasteiger partial charge is 0.220 e. The van der Waals surface area contributed by atoms with Gasteiger partial charge in [-0.15, -0.1) is 5.10 Å². The van der Waals surface area contributed by atoms with Crippen molar-refractivity contribution in [3.8, 4) is 50.5 Å². The molecule has 0 saturated heterocycles. The molecule has 0 fully saturated rings. The van der Waals surface area contributed by atoms with E-state index in [1.807, 2.05) is 4.68 Å². The predicted octanol–water partition coefficient (Wildman–Crippen LogP) is 10.2. The van der Waals surface area contributed by atoms with E-state index < -0.39 is 0 Å². The Balaban J connectivity index is 1.31. The van der Waals surface area contributed by atoms with Crippen LogP contribution >= 0.6 is 0 Å². The van der Waals surface area contributed by atoms with E-state index >= 15 is 0 Å². The van der Waals surface area contributed by atoms with Gasteiger partial charge in [-0.25, -0.2) is 4.68 Å². The lowest BCUT2D eigenvalue weighted by atomic mass is 9.66. The highest BCUT2D eigenvalue weighted by Gasteiger charge is 2.47. The molecule has 0 bridgehead atoms. The lowest BCUT2D eigenvalue weighted by Gasteiger charge is -2.39. The molecule has 1 aliphatic rings. The molecule has 0 spiro atoms. The first kappa shape index (κ1) is 29.9. The number of hydrogen-bond acceptors (Lipinski definition) is 2. The summed E-state index contributed by atoms with van der Waals surface area (Å²) in [5.41, 5.74) is 13.1. The summed E-state index contributed by atoms with van der Waals surface area (Å²) in [4.78, 5) is 0. The maximum absolute atomic E-state index is 4.77. The van der Waals surface area contributed by atoms with Gasteiger partial charge in [-0.2, -0.15) is 4.57 Å². The lowest BCUT2D eigenvalue weighted by Crippen LogP contribution is -2.54. The number of benzene rings is 4. The second-order valence-electron chi connectivity index (χ2n) is 12.7. The van der Waals surface area contributed by atoms with Crippen LogP contribution in [0.5, 0.6) is 0 Å². The molecule has 230 valence electrons. The molecule has 0 radical (unpaired) electrons. The summed E-state index contributed by atoms with van der Waals surface area (Å²) in [7, 11) is 0. The highest BCUT2D eigenvalue weighted by atomic mass is 15.4. The van der Waals surface area contributed by atoms with Crippen molar-refractivity contribution >= 4 is 0 Å². The van der Waals surface area contributed by atoms with Crippen LogP contribution in [0.15, 0.2) is 122 Å². The minimum Gasteiger partial charge on any atom is -0.220 e. The Hall–Kier alpha value is -4.83. The average Bonchev–Trinajstić information content (AvgIpc) is 3.62. The second-order valence-corrected chi connectivity index (χ2v) is 12.7. The molecule has 6 aromatic rings. The second kappa shape index (κ2) is 12.5. The van der Waals surface area contributed by atoms with Crippen LogP contribution in [-0.4, -0.2) is 15.0 Å². The molecule has 0 amide bonds. The van der Waals surface area contributed by atoms with Crippen molar-refractivity contribution in [1.82, 2.24) is 15.0 Å². The highest BCUT2D eigenvalue weighted by Crippen LogP contribution is 2.47. The van der Waals surface area contributed by atoms with Gasteiger partial charge in [0.1, 0.15) is 5.69 Å². The molecule has 7 rings (SSSR count). The molecule has 4 heteroatoms. The molecular weight excluding hydrogens is 560 g/mol. The normalized spacial score (nSPS) is 14.9. The predicted molar refractivity (Wildman–Crippen MR) is 189 cm³/mol. The molecule has 46 heavy (non-hydrogen) atoms. The molecule has 1 aliphatic heterocycles. The van der Waals surface area contributed by atoms with Gasteiger partial charge in [0.05, 0.1) is 22.9 Å². The third-order valence-corrected chi connectivity index (χ3v) is 10.4. The Kier molecular flexibility index (Phi) is 8.12. The zero-order chi connectivity index (χ0) is 31.7. The van der Waals surface area contributed by atoms with Crippen molar-refractivity contribution in [3.05, 3.63) is 133 Å². The van der Waals surface area contributed by atoms with Crippen LogP contribution < -0.4 is 4.57 Å². The number of fused-ring (bicyclic) bond motifs is 3. The van der Waals surface area contributed by atoms with Crippen molar-refractivity contribution in [2.24, 2.45) is 0 Å². The molecular formula is C42H43N4+. The standard InChI is InChI=1S/C42H43N4/c1-5-8-14-31-18-20-32(21-19-31)34-22-24-36(33-15-10-9-11-16-33)37(27-34)40-29-46(44-43-40)35-23-25-39-38(28-35)41-17-12-13-26-45(41)30(4)42(39,6-2)7-3/h9-13,15-30H,5-8,14H2,1-4H3/q+1. The van der Waals surface area contributed by atoms with Crippen LogP contribution in [0.25, 0.3) is 50.5 Å². The summed E-state index contributed by atoms with van der Waals surface area (Å²) < 4.78 is 4.39. The lowest BCUT2D eigenvalue weighted by molar-refractivity contribution is -0.721. The Labute approximate surface area is 273 Å². The van der Waals surface area contributed by atoms with Crippen LogP contribution in [0, 0.1) is 0 Å². The molecule has 4 aromatic carbocycles. The van der Waals surface area contributed by atoms with E-state index in [2.05, 4.69) is 154 Å². The van der Waals surface area contributed by atoms with Gasteiger partial charge in [0.15, 0.2) is 12.2 Å². The molecule has 2 aromatic heterocycles. The van der Waals surface area contributed by atoms with Gasteiger partial charge in [-0.1, -0.05) is 105 Å². The fraction of sp³-hybridized carbons (Fsp3) is 0.262. The van der Waals surface area contributed by atoms with Crippen LogP contribution in [0.3, 0.4) is 0 Å². The van der Waals surface area contributed by atoms with Crippen molar-refractivity contribution in [1.29, 1.82) is 0 Å². The van der Waals surface area contributed by atoms with Crippen molar-refractivity contribution in [2.75, 3.05) is 0 Å². The molecule has 0 N–H and O–H groups in total. The van der Waals surface area contributed by atoms with Gasteiger partial charge in [0, 0.05) is 17.7 Å². The van der Waals surface area contributed by atoms with Crippen molar-refractivity contribution in [3.63, 3.8) is 0 Å². The maximum Gasteiger partial charge on any atom is 0.213 e. The number of nitrogens with zero attached hydrogens (tertiary/aromatic N) is 4. The zero-order valence-electron chi connectivity index (χ0n) is 27.4. The number of aryl methyl sites for hydroxylation is 1. The van der Waals surface area contributed by atoms with E-state index in [-0.39, 0.29) is 5.41 Å². The zero-order valence-corrected chi connectivity index (χ0v) is 27.4. The quantitative estimate of drug-likeness (QED) is 0.154. The molecule has 1 unspecified atom stereocenters. The summed E-state index contributed by atoms with van der Waals surface area (Å²) in [5, 5.41) is 9.47. The fourth-order valence-corrected chi connectivity index (χ4v) is 7.62. The number of hydrogen-bond donors (Lipinski definition) is 0. The first-order valence-electron chi connectivity index (χ1n) is 16.9. The molecule has 0 aliphatic carbocycles.